The van der Waals surface area contributed by atoms with Crippen LogP contribution >= 0.6 is 11.8 Å². The number of para-hydroxylation sites is 2. The van der Waals surface area contributed by atoms with Crippen LogP contribution in [0.2, 0.25) is 0 Å². The lowest BCUT2D eigenvalue weighted by molar-refractivity contribution is -0.125. The Bertz CT molecular complexity index is 1090. The van der Waals surface area contributed by atoms with Crippen LogP contribution in [0, 0.1) is 0 Å². The molecule has 0 radical (unpaired) electrons. The third-order valence-corrected chi connectivity index (χ3v) is 6.27. The molecule has 6 nitrogen and oxygen atoms in total. The molecule has 3 aromatic rings. The van der Waals surface area contributed by atoms with Gasteiger partial charge in [0.1, 0.15) is 5.76 Å². The van der Waals surface area contributed by atoms with Crippen molar-refractivity contribution in [2.24, 2.45) is 0 Å². The summed E-state index contributed by atoms with van der Waals surface area (Å²) in [4.78, 5) is 28.1. The number of anilines is 1. The highest BCUT2D eigenvalue weighted by atomic mass is 32.2. The number of thioether (sulfide) groups is 1. The van der Waals surface area contributed by atoms with Crippen molar-refractivity contribution in [3.05, 3.63) is 54.3 Å². The summed E-state index contributed by atoms with van der Waals surface area (Å²) in [6, 6.07) is 15.2. The molecule has 1 aromatic heterocycles. The molecular formula is C24H26N2O4S. The van der Waals surface area contributed by atoms with Crippen LogP contribution in [0.1, 0.15) is 38.5 Å². The molecule has 2 aromatic carbocycles. The van der Waals surface area contributed by atoms with Gasteiger partial charge in [-0.2, -0.15) is 0 Å². The quantitative estimate of drug-likeness (QED) is 0.566. The molecule has 0 spiro atoms. The van der Waals surface area contributed by atoms with E-state index >= 15 is 0 Å². The standard InChI is InChI=1S/C24H26N2O4S/c1-3-29-19-9-6-7-17-15-20(30-24(17)19)16(2)25-22(27)11-12-23(28)26-13-14-31-21-10-5-4-8-18(21)26/h4-10,15-16H,3,11-14H2,1-2H3,(H,25,27). The normalized spacial score (nSPS) is 14.2. The second-order valence-electron chi connectivity index (χ2n) is 7.41. The van der Waals surface area contributed by atoms with Crippen LogP contribution in [0.4, 0.5) is 5.69 Å². The van der Waals surface area contributed by atoms with Crippen molar-refractivity contribution >= 4 is 40.2 Å². The minimum absolute atomic E-state index is 0.0272. The molecule has 1 N–H and O–H groups in total. The van der Waals surface area contributed by atoms with Crippen molar-refractivity contribution in [2.75, 3.05) is 23.8 Å². The first-order valence-electron chi connectivity index (χ1n) is 10.5. The van der Waals surface area contributed by atoms with E-state index in [0.29, 0.717) is 30.2 Å². The molecule has 162 valence electrons. The summed E-state index contributed by atoms with van der Waals surface area (Å²) in [5, 5.41) is 3.87. The van der Waals surface area contributed by atoms with Gasteiger partial charge in [-0.05, 0) is 38.1 Å². The number of carbonyl (C=O) groups is 2. The van der Waals surface area contributed by atoms with Gasteiger partial charge in [0.2, 0.25) is 11.8 Å². The summed E-state index contributed by atoms with van der Waals surface area (Å²) in [6.45, 7) is 5.01. The molecule has 31 heavy (non-hydrogen) atoms. The fourth-order valence-corrected chi connectivity index (χ4v) is 4.70. The molecule has 2 amide bonds. The van der Waals surface area contributed by atoms with Gasteiger partial charge in [0.15, 0.2) is 11.3 Å². The molecule has 4 rings (SSSR count). The Labute approximate surface area is 185 Å². The van der Waals surface area contributed by atoms with Gasteiger partial charge in [-0.15, -0.1) is 11.8 Å². The Morgan fingerprint density at radius 3 is 2.87 bits per heavy atom. The minimum atomic E-state index is -0.309. The largest absolute Gasteiger partial charge is 0.490 e. The van der Waals surface area contributed by atoms with Crippen molar-refractivity contribution in [1.29, 1.82) is 0 Å². The SMILES string of the molecule is CCOc1cccc2cc(C(C)NC(=O)CCC(=O)N3CCSc4ccccc43)oc12. The van der Waals surface area contributed by atoms with Crippen LogP contribution in [-0.2, 0) is 9.59 Å². The molecule has 7 heteroatoms. The van der Waals surface area contributed by atoms with Gasteiger partial charge in [-0.25, -0.2) is 0 Å². The number of rotatable bonds is 7. The number of benzene rings is 2. The second kappa shape index (κ2) is 9.47. The summed E-state index contributed by atoms with van der Waals surface area (Å²) >= 11 is 1.75. The van der Waals surface area contributed by atoms with E-state index in [2.05, 4.69) is 5.32 Å². The van der Waals surface area contributed by atoms with E-state index in [0.717, 1.165) is 21.7 Å². The Morgan fingerprint density at radius 1 is 1.19 bits per heavy atom. The van der Waals surface area contributed by atoms with Gasteiger partial charge in [0.05, 0.1) is 18.3 Å². The van der Waals surface area contributed by atoms with E-state index in [1.807, 2.05) is 62.4 Å². The number of nitrogens with zero attached hydrogens (tertiary/aromatic N) is 1. The maximum Gasteiger partial charge on any atom is 0.227 e. The number of hydrogen-bond donors (Lipinski definition) is 1. The highest BCUT2D eigenvalue weighted by Crippen LogP contribution is 2.35. The lowest BCUT2D eigenvalue weighted by Gasteiger charge is -2.29. The molecule has 1 aliphatic rings. The second-order valence-corrected chi connectivity index (χ2v) is 8.54. The predicted octanol–water partition coefficient (Wildman–Crippen LogP) is 4.93. The zero-order chi connectivity index (χ0) is 21.8. The zero-order valence-electron chi connectivity index (χ0n) is 17.7. The first-order valence-corrected chi connectivity index (χ1v) is 11.5. The van der Waals surface area contributed by atoms with Gasteiger partial charge in [-0.3, -0.25) is 9.59 Å². The topological polar surface area (TPSA) is 71.8 Å². The van der Waals surface area contributed by atoms with E-state index < -0.39 is 0 Å². The molecule has 0 aliphatic carbocycles. The molecular weight excluding hydrogens is 412 g/mol. The number of ether oxygens (including phenoxy) is 1. The molecule has 0 saturated carbocycles. The van der Waals surface area contributed by atoms with Crippen LogP contribution in [0.5, 0.6) is 5.75 Å². The predicted molar refractivity (Wildman–Crippen MR) is 123 cm³/mol. The minimum Gasteiger partial charge on any atom is -0.490 e. The Balaban J connectivity index is 1.35. The van der Waals surface area contributed by atoms with Crippen molar-refractivity contribution in [1.82, 2.24) is 5.32 Å². The number of nitrogens with one attached hydrogen (secondary N) is 1. The molecule has 2 heterocycles. The fourth-order valence-electron chi connectivity index (χ4n) is 3.71. The van der Waals surface area contributed by atoms with Crippen LogP contribution in [0.15, 0.2) is 57.8 Å². The molecule has 0 fully saturated rings. The van der Waals surface area contributed by atoms with Crippen molar-refractivity contribution in [3.63, 3.8) is 0 Å². The highest BCUT2D eigenvalue weighted by Gasteiger charge is 2.23. The third kappa shape index (κ3) is 4.71. The first-order chi connectivity index (χ1) is 15.1. The molecule has 0 bridgehead atoms. The Kier molecular flexibility index (Phi) is 6.51. The van der Waals surface area contributed by atoms with E-state index in [4.69, 9.17) is 9.15 Å². The van der Waals surface area contributed by atoms with Gasteiger partial charge >= 0.3 is 0 Å². The lowest BCUT2D eigenvalue weighted by atomic mass is 10.2. The smallest absolute Gasteiger partial charge is 0.227 e. The Morgan fingerprint density at radius 2 is 2.03 bits per heavy atom. The average Bonchev–Trinajstić information content (AvgIpc) is 3.23. The maximum absolute atomic E-state index is 12.7. The molecule has 0 saturated heterocycles. The van der Waals surface area contributed by atoms with E-state index in [-0.39, 0.29) is 30.7 Å². The summed E-state index contributed by atoms with van der Waals surface area (Å²) in [7, 11) is 0. The number of carbonyl (C=O) groups excluding carboxylic acids is 2. The maximum atomic E-state index is 12.7. The summed E-state index contributed by atoms with van der Waals surface area (Å²) < 4.78 is 11.6. The number of amides is 2. The first kappa shape index (κ1) is 21.3. The van der Waals surface area contributed by atoms with Gasteiger partial charge < -0.3 is 19.4 Å². The zero-order valence-corrected chi connectivity index (χ0v) is 18.5. The Hall–Kier alpha value is -2.93. The van der Waals surface area contributed by atoms with Gasteiger partial charge in [-0.1, -0.05) is 24.3 Å². The lowest BCUT2D eigenvalue weighted by Crippen LogP contribution is -2.36. The van der Waals surface area contributed by atoms with Crippen LogP contribution < -0.4 is 15.0 Å². The van der Waals surface area contributed by atoms with Crippen molar-refractivity contribution < 1.29 is 18.7 Å². The van der Waals surface area contributed by atoms with Crippen molar-refractivity contribution in [2.45, 2.75) is 37.6 Å². The third-order valence-electron chi connectivity index (χ3n) is 5.23. The number of hydrogen-bond acceptors (Lipinski definition) is 5. The summed E-state index contributed by atoms with van der Waals surface area (Å²) in [6.07, 6.45) is 0.311. The van der Waals surface area contributed by atoms with Gasteiger partial charge in [0, 0.05) is 35.4 Å². The fraction of sp³-hybridized carbons (Fsp3) is 0.333. The molecule has 1 atom stereocenters. The summed E-state index contributed by atoms with van der Waals surface area (Å²) in [5.74, 6) is 2.01. The van der Waals surface area contributed by atoms with E-state index in [1.165, 1.54) is 0 Å². The van der Waals surface area contributed by atoms with Crippen LogP contribution in [-0.4, -0.2) is 30.7 Å². The molecule has 1 aliphatic heterocycles. The number of furan rings is 1. The van der Waals surface area contributed by atoms with Crippen LogP contribution in [0.3, 0.4) is 0 Å². The summed E-state index contributed by atoms with van der Waals surface area (Å²) in [5.41, 5.74) is 1.61. The molecule has 1 unspecified atom stereocenters. The van der Waals surface area contributed by atoms with Crippen molar-refractivity contribution in [3.8, 4) is 5.75 Å². The van der Waals surface area contributed by atoms with E-state index in [9.17, 15) is 9.59 Å². The number of fused-ring (bicyclic) bond motifs is 2. The highest BCUT2D eigenvalue weighted by molar-refractivity contribution is 7.99. The van der Waals surface area contributed by atoms with E-state index in [1.54, 1.807) is 16.7 Å². The van der Waals surface area contributed by atoms with Gasteiger partial charge in [0.25, 0.3) is 0 Å². The monoisotopic (exact) mass is 438 g/mol. The van der Waals surface area contributed by atoms with Crippen LogP contribution in [0.25, 0.3) is 11.0 Å². The average molecular weight is 439 g/mol.